The van der Waals surface area contributed by atoms with Crippen LogP contribution in [0.25, 0.3) is 0 Å². The zero-order valence-corrected chi connectivity index (χ0v) is 12.6. The fourth-order valence-electron chi connectivity index (χ4n) is 1.86. The van der Waals surface area contributed by atoms with Crippen LogP contribution >= 0.6 is 0 Å². The third-order valence-electron chi connectivity index (χ3n) is 2.73. The molecule has 0 saturated heterocycles. The van der Waals surface area contributed by atoms with E-state index in [4.69, 9.17) is 15.2 Å². The van der Waals surface area contributed by atoms with Crippen molar-refractivity contribution < 1.29 is 32.2 Å². The Morgan fingerprint density at radius 1 is 1.04 bits per heavy atom. The largest absolute Gasteiger partial charge is 0.573 e. The number of carbonyl (C=O) groups excluding carboxylic acids is 1. The number of halogens is 3. The number of hydrogen-bond donors (Lipinski definition) is 1. The lowest BCUT2D eigenvalue weighted by molar-refractivity contribution is -0.274. The molecule has 8 heteroatoms. The molecule has 5 nitrogen and oxygen atoms in total. The van der Waals surface area contributed by atoms with Crippen molar-refractivity contribution in [3.05, 3.63) is 48.0 Å². The molecule has 0 atom stereocenters. The molecule has 0 aliphatic carbocycles. The topological polar surface area (TPSA) is 70.8 Å². The second kappa shape index (κ2) is 7.12. The molecule has 0 aromatic heterocycles. The smallest absolute Gasteiger partial charge is 0.462 e. The number of anilines is 1. The van der Waals surface area contributed by atoms with Crippen LogP contribution in [-0.4, -0.2) is 18.9 Å². The van der Waals surface area contributed by atoms with E-state index in [0.717, 1.165) is 12.1 Å². The normalized spacial score (nSPS) is 11.0. The molecule has 24 heavy (non-hydrogen) atoms. The molecule has 0 radical (unpaired) electrons. The van der Waals surface area contributed by atoms with E-state index < -0.39 is 12.3 Å². The Bertz CT molecular complexity index is 714. The molecule has 2 rings (SSSR count). The van der Waals surface area contributed by atoms with Crippen molar-refractivity contribution in [2.45, 2.75) is 13.3 Å². The summed E-state index contributed by atoms with van der Waals surface area (Å²) in [7, 11) is 0. The molecule has 0 aliphatic rings. The highest BCUT2D eigenvalue weighted by atomic mass is 19.4. The van der Waals surface area contributed by atoms with E-state index >= 15 is 0 Å². The number of benzene rings is 2. The van der Waals surface area contributed by atoms with Gasteiger partial charge in [-0.1, -0.05) is 0 Å². The van der Waals surface area contributed by atoms with Crippen LogP contribution in [0.15, 0.2) is 42.5 Å². The van der Waals surface area contributed by atoms with E-state index in [1.165, 1.54) is 30.3 Å². The minimum atomic E-state index is -4.76. The molecule has 0 amide bonds. The highest BCUT2D eigenvalue weighted by Crippen LogP contribution is 2.29. The van der Waals surface area contributed by atoms with Gasteiger partial charge in [0.2, 0.25) is 0 Å². The molecule has 0 heterocycles. The van der Waals surface area contributed by atoms with Crippen LogP contribution in [0.3, 0.4) is 0 Å². The van der Waals surface area contributed by atoms with Crippen LogP contribution in [0.1, 0.15) is 17.3 Å². The summed E-state index contributed by atoms with van der Waals surface area (Å²) in [4.78, 5) is 11.7. The third kappa shape index (κ3) is 5.08. The van der Waals surface area contributed by atoms with E-state index in [9.17, 15) is 18.0 Å². The summed E-state index contributed by atoms with van der Waals surface area (Å²) >= 11 is 0. The Balaban J connectivity index is 2.14. The highest BCUT2D eigenvalue weighted by Gasteiger charge is 2.30. The molecule has 2 aromatic carbocycles. The average molecular weight is 341 g/mol. The Hall–Kier alpha value is -2.90. The van der Waals surface area contributed by atoms with Gasteiger partial charge in [0.1, 0.15) is 17.2 Å². The molecule has 0 spiro atoms. The standard InChI is InChI=1S/C16H14F3NO4/c1-2-22-15(21)10-7-11(20)9-14(8-10)23-12-3-5-13(6-4-12)24-16(17,18)19/h3-9H,2,20H2,1H3. The van der Waals surface area contributed by atoms with E-state index in [-0.39, 0.29) is 35.1 Å². The van der Waals surface area contributed by atoms with Crippen molar-refractivity contribution in [2.24, 2.45) is 0 Å². The quantitative estimate of drug-likeness (QED) is 0.654. The summed E-state index contributed by atoms with van der Waals surface area (Å²) in [5.41, 5.74) is 6.20. The third-order valence-corrected chi connectivity index (χ3v) is 2.73. The fraction of sp³-hybridized carbons (Fsp3) is 0.188. The van der Waals surface area contributed by atoms with Crippen LogP contribution in [-0.2, 0) is 4.74 Å². The zero-order chi connectivity index (χ0) is 17.7. The highest BCUT2D eigenvalue weighted by molar-refractivity contribution is 5.91. The van der Waals surface area contributed by atoms with Crippen LogP contribution in [0, 0.1) is 0 Å². The zero-order valence-electron chi connectivity index (χ0n) is 12.6. The van der Waals surface area contributed by atoms with E-state index in [1.54, 1.807) is 6.92 Å². The first-order valence-corrected chi connectivity index (χ1v) is 6.88. The lowest BCUT2D eigenvalue weighted by Gasteiger charge is -2.11. The molecule has 128 valence electrons. The lowest BCUT2D eigenvalue weighted by atomic mass is 10.2. The Morgan fingerprint density at radius 3 is 2.25 bits per heavy atom. The van der Waals surface area contributed by atoms with Gasteiger partial charge in [0.15, 0.2) is 0 Å². The number of alkyl halides is 3. The average Bonchev–Trinajstić information content (AvgIpc) is 2.47. The number of rotatable bonds is 5. The van der Waals surface area contributed by atoms with Crippen LogP contribution < -0.4 is 15.2 Å². The molecule has 0 fully saturated rings. The number of ether oxygens (including phenoxy) is 3. The van der Waals surface area contributed by atoms with Crippen molar-refractivity contribution in [3.8, 4) is 17.2 Å². The molecule has 0 saturated carbocycles. The van der Waals surface area contributed by atoms with Crippen molar-refractivity contribution in [1.82, 2.24) is 0 Å². The predicted octanol–water partition coefficient (Wildman–Crippen LogP) is 4.14. The summed E-state index contributed by atoms with van der Waals surface area (Å²) in [6.07, 6.45) is -4.76. The van der Waals surface area contributed by atoms with Gasteiger partial charge in [-0.25, -0.2) is 4.79 Å². The number of nitrogens with two attached hydrogens (primary N) is 1. The Morgan fingerprint density at radius 2 is 1.67 bits per heavy atom. The molecule has 0 unspecified atom stereocenters. The summed E-state index contributed by atoms with van der Waals surface area (Å²) in [6.45, 7) is 1.89. The number of esters is 1. The monoisotopic (exact) mass is 341 g/mol. The predicted molar refractivity (Wildman–Crippen MR) is 80.0 cm³/mol. The summed E-state index contributed by atoms with van der Waals surface area (Å²) < 4.78 is 50.4. The van der Waals surface area contributed by atoms with Gasteiger partial charge in [-0.3, -0.25) is 0 Å². The number of hydrogen-bond acceptors (Lipinski definition) is 5. The van der Waals surface area contributed by atoms with Gasteiger partial charge in [-0.2, -0.15) is 0 Å². The molecule has 2 N–H and O–H groups in total. The molecular formula is C16H14F3NO4. The van der Waals surface area contributed by atoms with E-state index in [2.05, 4.69) is 4.74 Å². The van der Waals surface area contributed by atoms with Gasteiger partial charge in [0.05, 0.1) is 12.2 Å². The van der Waals surface area contributed by atoms with E-state index in [0.29, 0.717) is 0 Å². The maximum atomic E-state index is 12.1. The second-order valence-electron chi connectivity index (χ2n) is 4.63. The van der Waals surface area contributed by atoms with Gasteiger partial charge in [-0.05, 0) is 43.3 Å². The lowest BCUT2D eigenvalue weighted by Crippen LogP contribution is -2.16. The maximum absolute atomic E-state index is 12.1. The Labute approximate surface area is 135 Å². The van der Waals surface area contributed by atoms with Crippen molar-refractivity contribution in [1.29, 1.82) is 0 Å². The minimum absolute atomic E-state index is 0.212. The summed E-state index contributed by atoms with van der Waals surface area (Å²) in [5, 5.41) is 0. The number of nitrogen functional groups attached to an aromatic ring is 1. The molecule has 0 bridgehead atoms. The van der Waals surface area contributed by atoms with Gasteiger partial charge in [0.25, 0.3) is 0 Å². The fourth-order valence-corrected chi connectivity index (χ4v) is 1.86. The number of carbonyl (C=O) groups is 1. The molecule has 2 aromatic rings. The molecule has 0 aliphatic heterocycles. The van der Waals surface area contributed by atoms with Gasteiger partial charge in [0, 0.05) is 11.8 Å². The van der Waals surface area contributed by atoms with E-state index in [1.807, 2.05) is 0 Å². The van der Waals surface area contributed by atoms with Crippen molar-refractivity contribution >= 4 is 11.7 Å². The first-order chi connectivity index (χ1) is 11.3. The SMILES string of the molecule is CCOC(=O)c1cc(N)cc(Oc2ccc(OC(F)(F)F)cc2)c1. The van der Waals surface area contributed by atoms with Crippen LogP contribution in [0.5, 0.6) is 17.2 Å². The summed E-state index contributed by atoms with van der Waals surface area (Å²) in [5.74, 6) is -0.411. The first-order valence-electron chi connectivity index (χ1n) is 6.88. The Kier molecular flexibility index (Phi) is 5.18. The van der Waals surface area contributed by atoms with Crippen molar-refractivity contribution in [3.63, 3.8) is 0 Å². The van der Waals surface area contributed by atoms with Crippen LogP contribution in [0.2, 0.25) is 0 Å². The van der Waals surface area contributed by atoms with Gasteiger partial charge in [-0.15, -0.1) is 13.2 Å². The van der Waals surface area contributed by atoms with Crippen LogP contribution in [0.4, 0.5) is 18.9 Å². The van der Waals surface area contributed by atoms with Crippen molar-refractivity contribution in [2.75, 3.05) is 12.3 Å². The van der Waals surface area contributed by atoms with Gasteiger partial charge < -0.3 is 19.9 Å². The first kappa shape index (κ1) is 17.5. The van der Waals surface area contributed by atoms with Gasteiger partial charge >= 0.3 is 12.3 Å². The summed E-state index contributed by atoms with van der Waals surface area (Å²) in [6, 6.07) is 9.16. The maximum Gasteiger partial charge on any atom is 0.573 e. The molecular weight excluding hydrogens is 327 g/mol. The minimum Gasteiger partial charge on any atom is -0.462 e. The second-order valence-corrected chi connectivity index (χ2v) is 4.63.